The number of nitrogens with zero attached hydrogens (tertiary/aromatic N) is 1. The number of aryl methyl sites for hydroxylation is 1. The van der Waals surface area contributed by atoms with Gasteiger partial charge in [0.25, 0.3) is 5.91 Å². The number of phenolic OH excluding ortho intramolecular Hbond substituents is 1. The van der Waals surface area contributed by atoms with Gasteiger partial charge in [0, 0.05) is 24.1 Å². The van der Waals surface area contributed by atoms with Crippen molar-refractivity contribution in [3.05, 3.63) is 64.2 Å². The molecule has 2 aliphatic heterocycles. The van der Waals surface area contributed by atoms with Gasteiger partial charge < -0.3 is 14.7 Å². The highest BCUT2D eigenvalue weighted by molar-refractivity contribution is 7.90. The van der Waals surface area contributed by atoms with Crippen molar-refractivity contribution >= 4 is 33.2 Å². The van der Waals surface area contributed by atoms with Crippen molar-refractivity contribution in [3.63, 3.8) is 0 Å². The lowest BCUT2D eigenvalue weighted by Gasteiger charge is -2.44. The van der Waals surface area contributed by atoms with Gasteiger partial charge in [-0.3, -0.25) is 4.79 Å². The van der Waals surface area contributed by atoms with E-state index >= 15 is 0 Å². The Kier molecular flexibility index (Phi) is 6.35. The fourth-order valence-electron chi connectivity index (χ4n) is 7.39. The summed E-state index contributed by atoms with van der Waals surface area (Å²) in [5, 5.41) is 10.9. The Morgan fingerprint density at radius 1 is 1.12 bits per heavy atom. The van der Waals surface area contributed by atoms with Crippen LogP contribution in [0.1, 0.15) is 60.0 Å². The molecule has 1 spiro atoms. The number of amides is 1. The second-order valence-electron chi connectivity index (χ2n) is 12.6. The zero-order valence-electron chi connectivity index (χ0n) is 22.4. The van der Waals surface area contributed by atoms with E-state index < -0.39 is 15.9 Å². The number of hydrogen-bond donors (Lipinski definition) is 2. The number of rotatable bonds is 0. The molecule has 2 aromatic rings. The van der Waals surface area contributed by atoms with E-state index in [1.165, 1.54) is 6.42 Å². The number of ether oxygens (including phenoxy) is 1. The fraction of sp³-hybridized carbons (Fsp3) is 0.516. The lowest BCUT2D eigenvalue weighted by molar-refractivity contribution is 0.0981. The second-order valence-corrected chi connectivity index (χ2v) is 14.8. The Balaban J connectivity index is 1.29. The van der Waals surface area contributed by atoms with Crippen molar-refractivity contribution in [3.8, 4) is 11.5 Å². The number of anilines is 1. The van der Waals surface area contributed by atoms with Gasteiger partial charge in [-0.05, 0) is 110 Å². The molecule has 2 fully saturated rings. The minimum absolute atomic E-state index is 0.0290. The van der Waals surface area contributed by atoms with Crippen LogP contribution in [0.4, 0.5) is 5.69 Å². The Labute approximate surface area is 240 Å². The summed E-state index contributed by atoms with van der Waals surface area (Å²) >= 11 is 6.30. The summed E-state index contributed by atoms with van der Waals surface area (Å²) in [7, 11) is -3.74. The van der Waals surface area contributed by atoms with E-state index in [0.717, 1.165) is 61.9 Å². The molecule has 2 aromatic carbocycles. The molecule has 40 heavy (non-hydrogen) atoms. The molecular weight excluding hydrogens is 548 g/mol. The normalized spacial score (nSPS) is 33.2. The minimum atomic E-state index is -3.74. The fourth-order valence-corrected chi connectivity index (χ4v) is 9.01. The summed E-state index contributed by atoms with van der Waals surface area (Å²) in [5.74, 6) is 1.61. The van der Waals surface area contributed by atoms with Crippen LogP contribution in [-0.2, 0) is 21.9 Å². The first-order valence-corrected chi connectivity index (χ1v) is 16.5. The van der Waals surface area contributed by atoms with Crippen molar-refractivity contribution in [2.24, 2.45) is 23.7 Å². The number of sulfonamides is 1. The molecule has 0 radical (unpaired) electrons. The number of benzene rings is 2. The van der Waals surface area contributed by atoms with Crippen LogP contribution in [0.3, 0.4) is 0 Å². The van der Waals surface area contributed by atoms with Gasteiger partial charge in [-0.2, -0.15) is 0 Å². The van der Waals surface area contributed by atoms with Gasteiger partial charge >= 0.3 is 0 Å². The van der Waals surface area contributed by atoms with Crippen molar-refractivity contribution in [1.82, 2.24) is 4.72 Å². The average molecular weight is 583 g/mol. The molecule has 5 atom stereocenters. The summed E-state index contributed by atoms with van der Waals surface area (Å²) in [6.07, 6.45) is 11.5. The molecule has 2 saturated carbocycles. The van der Waals surface area contributed by atoms with Gasteiger partial charge in [-0.15, -0.1) is 0 Å². The van der Waals surface area contributed by atoms with Crippen LogP contribution >= 0.6 is 11.6 Å². The third kappa shape index (κ3) is 4.77. The first kappa shape index (κ1) is 26.2. The highest BCUT2D eigenvalue weighted by Gasteiger charge is 2.44. The zero-order chi connectivity index (χ0) is 27.6. The van der Waals surface area contributed by atoms with Gasteiger partial charge in [0.05, 0.1) is 23.1 Å². The van der Waals surface area contributed by atoms with Crippen LogP contribution in [0.25, 0.3) is 0 Å². The zero-order valence-corrected chi connectivity index (χ0v) is 24.0. The van der Waals surface area contributed by atoms with Crippen molar-refractivity contribution in [2.45, 2.75) is 50.4 Å². The molecule has 5 aliphatic rings. The van der Waals surface area contributed by atoms with Gasteiger partial charge in [-0.25, -0.2) is 13.1 Å². The number of hydrogen-bond acceptors (Lipinski definition) is 6. The van der Waals surface area contributed by atoms with Crippen LogP contribution in [0.5, 0.6) is 11.5 Å². The standard InChI is InChI=1S/C31H35ClN2O5S/c32-26-12-21-5-2-10-31(25(21)14-28(26)35)17-34-15-23-7-6-19(23)3-1-4-20-11-24(20)16-40(37,38)33-30(36)22-8-9-29(39-18-31)27(34)13-22/h1,4,8-9,12-14,19-20,23-24,35H,2-3,5-7,10-11,15-18H2,(H,33,36)/b4-1+/t19-,20+,23-,24+,31-/m0/s1. The van der Waals surface area contributed by atoms with Crippen LogP contribution in [0.2, 0.25) is 5.02 Å². The van der Waals surface area contributed by atoms with E-state index in [-0.39, 0.29) is 28.8 Å². The Morgan fingerprint density at radius 2 is 1.98 bits per heavy atom. The number of carbonyl (C=O) groups is 1. The van der Waals surface area contributed by atoms with E-state index in [1.54, 1.807) is 18.2 Å². The van der Waals surface area contributed by atoms with E-state index in [0.29, 0.717) is 41.3 Å². The molecule has 1 amide bonds. The Morgan fingerprint density at radius 3 is 2.80 bits per heavy atom. The number of halogens is 1. The topological polar surface area (TPSA) is 95.9 Å². The number of allylic oxidation sites excluding steroid dienone is 2. The lowest BCUT2D eigenvalue weighted by Crippen LogP contribution is -2.48. The summed E-state index contributed by atoms with van der Waals surface area (Å²) in [6.45, 7) is 1.96. The molecule has 9 heteroatoms. The molecule has 7 rings (SSSR count). The van der Waals surface area contributed by atoms with Crippen molar-refractivity contribution in [2.75, 3.05) is 30.3 Å². The third-order valence-electron chi connectivity index (χ3n) is 9.92. The maximum atomic E-state index is 13.2. The molecule has 7 nitrogen and oxygen atoms in total. The largest absolute Gasteiger partial charge is 0.506 e. The maximum absolute atomic E-state index is 13.2. The lowest BCUT2D eigenvalue weighted by atomic mass is 9.69. The molecule has 0 unspecified atom stereocenters. The Hall–Kier alpha value is -2.71. The molecule has 0 aromatic heterocycles. The van der Waals surface area contributed by atoms with E-state index in [1.807, 2.05) is 12.1 Å². The molecule has 3 aliphatic carbocycles. The monoisotopic (exact) mass is 582 g/mol. The molecule has 0 saturated heterocycles. The smallest absolute Gasteiger partial charge is 0.264 e. The highest BCUT2D eigenvalue weighted by Crippen LogP contribution is 2.48. The van der Waals surface area contributed by atoms with E-state index in [4.69, 9.17) is 16.3 Å². The van der Waals surface area contributed by atoms with Crippen molar-refractivity contribution in [1.29, 1.82) is 0 Å². The quantitative estimate of drug-likeness (QED) is 0.415. The average Bonchev–Trinajstić information content (AvgIpc) is 3.65. The minimum Gasteiger partial charge on any atom is -0.506 e. The predicted molar refractivity (Wildman–Crippen MR) is 155 cm³/mol. The summed E-state index contributed by atoms with van der Waals surface area (Å²) in [5.41, 5.74) is 3.01. The highest BCUT2D eigenvalue weighted by atomic mass is 35.5. The van der Waals surface area contributed by atoms with Crippen LogP contribution in [-0.4, -0.2) is 44.9 Å². The first-order chi connectivity index (χ1) is 19.2. The first-order valence-electron chi connectivity index (χ1n) is 14.4. The van der Waals surface area contributed by atoms with Crippen molar-refractivity contribution < 1.29 is 23.1 Å². The maximum Gasteiger partial charge on any atom is 0.264 e. The summed E-state index contributed by atoms with van der Waals surface area (Å²) < 4.78 is 34.4. The molecular formula is C31H35ClN2O5S. The molecule has 2 heterocycles. The SMILES string of the molecule is O=C1NS(=O)(=O)C[C@H]2C[C@H]2/C=C/C[C@H]2CC[C@H]2CN2C[C@@]3(CCCc4cc(Cl)c(O)cc43)COc3ccc1cc32. The number of nitrogens with one attached hydrogen (secondary N) is 1. The number of aromatic hydroxyl groups is 1. The van der Waals surface area contributed by atoms with Crippen LogP contribution < -0.4 is 14.4 Å². The molecule has 2 bridgehead atoms. The summed E-state index contributed by atoms with van der Waals surface area (Å²) in [6, 6.07) is 8.95. The molecule has 212 valence electrons. The van der Waals surface area contributed by atoms with Crippen LogP contribution in [0, 0.1) is 23.7 Å². The van der Waals surface area contributed by atoms with Gasteiger partial charge in [0.15, 0.2) is 0 Å². The third-order valence-corrected chi connectivity index (χ3v) is 11.6. The Bertz CT molecular complexity index is 1510. The number of carbonyl (C=O) groups excluding carboxylic acids is 1. The van der Waals surface area contributed by atoms with E-state index in [9.17, 15) is 18.3 Å². The second kappa shape index (κ2) is 9.69. The van der Waals surface area contributed by atoms with E-state index in [2.05, 4.69) is 21.8 Å². The number of fused-ring (bicyclic) bond motifs is 5. The van der Waals surface area contributed by atoms with Gasteiger partial charge in [-0.1, -0.05) is 23.8 Å². The van der Waals surface area contributed by atoms with Gasteiger partial charge in [0.2, 0.25) is 10.0 Å². The summed E-state index contributed by atoms with van der Waals surface area (Å²) in [4.78, 5) is 15.5. The molecule has 2 N–H and O–H groups in total. The van der Waals surface area contributed by atoms with Crippen LogP contribution in [0.15, 0.2) is 42.5 Å². The number of phenols is 1. The predicted octanol–water partition coefficient (Wildman–Crippen LogP) is 5.20. The van der Waals surface area contributed by atoms with Gasteiger partial charge in [0.1, 0.15) is 11.5 Å².